The Morgan fingerprint density at radius 3 is 2.61 bits per heavy atom. The summed E-state index contributed by atoms with van der Waals surface area (Å²) in [5.41, 5.74) is 2.07. The number of nitrogens with one attached hydrogen (secondary N) is 1. The number of hydrogen-bond donors (Lipinski definition) is 1. The molecule has 0 spiro atoms. The molecular weight excluding hydrogens is 226 g/mol. The predicted octanol–water partition coefficient (Wildman–Crippen LogP) is 2.67. The molecule has 4 heteroatoms. The topological polar surface area (TPSA) is 47.0 Å². The Morgan fingerprint density at radius 1 is 1.22 bits per heavy atom. The van der Waals surface area contributed by atoms with Gasteiger partial charge < -0.3 is 10.1 Å². The van der Waals surface area contributed by atoms with Gasteiger partial charge in [0.25, 0.3) is 0 Å². The minimum Gasteiger partial charge on any atom is -0.371 e. The number of aromatic nitrogens is 2. The molecule has 1 aliphatic carbocycles. The van der Waals surface area contributed by atoms with Crippen LogP contribution in [-0.4, -0.2) is 23.6 Å². The van der Waals surface area contributed by atoms with Crippen LogP contribution >= 0.6 is 0 Å². The highest BCUT2D eigenvalue weighted by molar-refractivity contribution is 5.48. The van der Waals surface area contributed by atoms with Gasteiger partial charge in [0.2, 0.25) is 0 Å². The highest BCUT2D eigenvalue weighted by atomic mass is 16.5. The van der Waals surface area contributed by atoms with Crippen molar-refractivity contribution in [2.45, 2.75) is 52.1 Å². The highest BCUT2D eigenvalue weighted by Crippen LogP contribution is 2.29. The van der Waals surface area contributed by atoms with E-state index in [-0.39, 0.29) is 0 Å². The van der Waals surface area contributed by atoms with Gasteiger partial charge in [-0.05, 0) is 46.5 Å². The quantitative estimate of drug-likeness (QED) is 0.891. The molecule has 1 aromatic heterocycles. The second-order valence-electron chi connectivity index (χ2n) is 5.27. The summed E-state index contributed by atoms with van der Waals surface area (Å²) in [6, 6.07) is 0. The number of methoxy groups -OCH3 is 1. The van der Waals surface area contributed by atoms with Crippen molar-refractivity contribution >= 4 is 5.82 Å². The van der Waals surface area contributed by atoms with Crippen LogP contribution in [0.2, 0.25) is 0 Å². The lowest BCUT2D eigenvalue weighted by atomic mass is 9.95. The number of fused-ring (bicyclic) bond motifs is 1. The zero-order valence-corrected chi connectivity index (χ0v) is 11.8. The maximum Gasteiger partial charge on any atom is 0.162 e. The first-order chi connectivity index (χ1) is 8.58. The lowest BCUT2D eigenvalue weighted by Crippen LogP contribution is -2.26. The normalized spacial score (nSPS) is 15.3. The van der Waals surface area contributed by atoms with Crippen molar-refractivity contribution < 1.29 is 4.74 Å². The summed E-state index contributed by atoms with van der Waals surface area (Å²) in [5.74, 6) is 1.78. The minimum absolute atomic E-state index is 0.434. The van der Waals surface area contributed by atoms with Crippen LogP contribution in [0.3, 0.4) is 0 Å². The van der Waals surface area contributed by atoms with Crippen molar-refractivity contribution in [2.75, 3.05) is 19.0 Å². The smallest absolute Gasteiger partial charge is 0.162 e. The molecular formula is C14H23N3O. The third-order valence-electron chi connectivity index (χ3n) is 3.58. The van der Waals surface area contributed by atoms with E-state index in [1.165, 1.54) is 24.1 Å². The van der Waals surface area contributed by atoms with E-state index in [0.29, 0.717) is 0 Å². The van der Waals surface area contributed by atoms with Gasteiger partial charge in [-0.3, -0.25) is 0 Å². The van der Waals surface area contributed by atoms with Gasteiger partial charge in [0.15, 0.2) is 5.82 Å². The number of nitrogens with zero attached hydrogens (tertiary/aromatic N) is 2. The molecule has 0 radical (unpaired) electrons. The van der Waals surface area contributed by atoms with E-state index in [1.54, 1.807) is 7.11 Å². The Kier molecular flexibility index (Phi) is 3.85. The highest BCUT2D eigenvalue weighted by Gasteiger charge is 2.27. The van der Waals surface area contributed by atoms with Crippen molar-refractivity contribution in [2.24, 2.45) is 0 Å². The molecule has 1 aliphatic rings. The molecule has 0 amide bonds. The van der Waals surface area contributed by atoms with Crippen LogP contribution in [0.15, 0.2) is 0 Å². The van der Waals surface area contributed by atoms with E-state index >= 15 is 0 Å². The summed E-state index contributed by atoms with van der Waals surface area (Å²) in [6.07, 6.45) is 4.61. The summed E-state index contributed by atoms with van der Waals surface area (Å²) >= 11 is 0. The molecule has 4 nitrogen and oxygen atoms in total. The van der Waals surface area contributed by atoms with Crippen LogP contribution in [0.5, 0.6) is 0 Å². The van der Waals surface area contributed by atoms with Gasteiger partial charge in [-0.1, -0.05) is 0 Å². The number of hydrogen-bond acceptors (Lipinski definition) is 4. The van der Waals surface area contributed by atoms with Crippen molar-refractivity contribution in [1.29, 1.82) is 0 Å². The molecule has 18 heavy (non-hydrogen) atoms. The van der Waals surface area contributed by atoms with Gasteiger partial charge in [0, 0.05) is 24.9 Å². The molecule has 100 valence electrons. The van der Waals surface area contributed by atoms with Gasteiger partial charge >= 0.3 is 0 Å². The van der Waals surface area contributed by atoms with Gasteiger partial charge in [-0.25, -0.2) is 9.97 Å². The van der Waals surface area contributed by atoms with Crippen molar-refractivity contribution in [3.8, 4) is 0 Å². The molecule has 0 saturated heterocycles. The van der Waals surface area contributed by atoms with E-state index in [4.69, 9.17) is 9.72 Å². The van der Waals surface area contributed by atoms with E-state index in [2.05, 4.69) is 17.2 Å². The molecule has 1 heterocycles. The second kappa shape index (κ2) is 5.22. The summed E-state index contributed by atoms with van der Waals surface area (Å²) < 4.78 is 5.50. The molecule has 1 N–H and O–H groups in total. The van der Waals surface area contributed by atoms with Gasteiger partial charge in [-0.2, -0.15) is 0 Å². The minimum atomic E-state index is -0.434. The fourth-order valence-corrected chi connectivity index (χ4v) is 2.27. The Labute approximate surface area is 109 Å². The maximum absolute atomic E-state index is 5.50. The van der Waals surface area contributed by atoms with Crippen molar-refractivity contribution in [1.82, 2.24) is 9.97 Å². The molecule has 0 bridgehead atoms. The number of rotatable bonds is 4. The molecule has 0 saturated carbocycles. The van der Waals surface area contributed by atoms with Crippen LogP contribution in [0.25, 0.3) is 0 Å². The van der Waals surface area contributed by atoms with E-state index < -0.39 is 5.60 Å². The first-order valence-electron chi connectivity index (χ1n) is 6.77. The summed E-state index contributed by atoms with van der Waals surface area (Å²) in [4.78, 5) is 9.39. The van der Waals surface area contributed by atoms with E-state index in [0.717, 1.165) is 31.0 Å². The summed E-state index contributed by atoms with van der Waals surface area (Å²) in [6.45, 7) is 7.00. The standard InChI is InChI=1S/C14H23N3O/c1-5-15-12-10-8-6-7-9-11(10)16-13(17-12)14(2,3)18-4/h5-9H2,1-4H3,(H,15,16,17). The van der Waals surface area contributed by atoms with Gasteiger partial charge in [0.1, 0.15) is 11.4 Å². The van der Waals surface area contributed by atoms with Crippen molar-refractivity contribution in [3.05, 3.63) is 17.1 Å². The Bertz CT molecular complexity index is 429. The average Bonchev–Trinajstić information content (AvgIpc) is 2.39. The Hall–Kier alpha value is -1.16. The fraction of sp³-hybridized carbons (Fsp3) is 0.714. The van der Waals surface area contributed by atoms with Crippen LogP contribution in [0, 0.1) is 0 Å². The fourth-order valence-electron chi connectivity index (χ4n) is 2.27. The molecule has 0 aliphatic heterocycles. The van der Waals surface area contributed by atoms with E-state index in [9.17, 15) is 0 Å². The number of anilines is 1. The maximum atomic E-state index is 5.50. The first-order valence-corrected chi connectivity index (χ1v) is 6.77. The van der Waals surface area contributed by atoms with Gasteiger partial charge in [-0.15, -0.1) is 0 Å². The zero-order valence-electron chi connectivity index (χ0n) is 11.8. The van der Waals surface area contributed by atoms with Crippen LogP contribution in [0.4, 0.5) is 5.82 Å². The zero-order chi connectivity index (χ0) is 13.2. The molecule has 0 fully saturated rings. The largest absolute Gasteiger partial charge is 0.371 e. The molecule has 2 rings (SSSR count). The number of aryl methyl sites for hydroxylation is 1. The first kappa shape index (κ1) is 13.3. The number of ether oxygens (including phenoxy) is 1. The lowest BCUT2D eigenvalue weighted by molar-refractivity contribution is 0.0113. The predicted molar refractivity (Wildman–Crippen MR) is 72.9 cm³/mol. The molecule has 0 atom stereocenters. The average molecular weight is 249 g/mol. The molecule has 1 aromatic rings. The van der Waals surface area contributed by atoms with Crippen molar-refractivity contribution in [3.63, 3.8) is 0 Å². The van der Waals surface area contributed by atoms with Crippen LogP contribution < -0.4 is 5.32 Å². The second-order valence-corrected chi connectivity index (χ2v) is 5.27. The third kappa shape index (κ3) is 2.48. The Balaban J connectivity index is 2.47. The Morgan fingerprint density at radius 2 is 1.94 bits per heavy atom. The van der Waals surface area contributed by atoms with Crippen LogP contribution in [-0.2, 0) is 23.2 Å². The SMILES string of the molecule is CCNc1nc(C(C)(C)OC)nc2c1CCCC2. The summed E-state index contributed by atoms with van der Waals surface area (Å²) in [5, 5.41) is 3.37. The lowest BCUT2D eigenvalue weighted by Gasteiger charge is -2.25. The molecule has 0 aromatic carbocycles. The monoisotopic (exact) mass is 249 g/mol. The van der Waals surface area contributed by atoms with Crippen LogP contribution in [0.1, 0.15) is 50.7 Å². The van der Waals surface area contributed by atoms with Gasteiger partial charge in [0.05, 0.1) is 0 Å². The molecule has 0 unspecified atom stereocenters. The third-order valence-corrected chi connectivity index (χ3v) is 3.58. The summed E-state index contributed by atoms with van der Waals surface area (Å²) in [7, 11) is 1.70. The van der Waals surface area contributed by atoms with E-state index in [1.807, 2.05) is 13.8 Å².